The Morgan fingerprint density at radius 1 is 1.30 bits per heavy atom. The van der Waals surface area contributed by atoms with Gasteiger partial charge in [0.25, 0.3) is 0 Å². The van der Waals surface area contributed by atoms with Gasteiger partial charge in [0.15, 0.2) is 0 Å². The van der Waals surface area contributed by atoms with Gasteiger partial charge < -0.3 is 19.7 Å². The molecule has 3 saturated heterocycles. The topological polar surface area (TPSA) is 82.5 Å². The highest BCUT2D eigenvalue weighted by Gasteiger charge is 2.63. The van der Waals surface area contributed by atoms with Gasteiger partial charge in [0.1, 0.15) is 18.3 Å². The Labute approximate surface area is 134 Å². The second-order valence-corrected chi connectivity index (χ2v) is 6.75. The third-order valence-corrected chi connectivity index (χ3v) is 5.47. The number of fused-ring (bicyclic) bond motifs is 5. The highest BCUT2D eigenvalue weighted by Crippen LogP contribution is 2.48. The number of likely N-dealkylation sites (N-methyl/N-ethyl adjacent to an activating group) is 1. The van der Waals surface area contributed by atoms with E-state index in [2.05, 4.69) is 11.9 Å². The van der Waals surface area contributed by atoms with Gasteiger partial charge in [-0.1, -0.05) is 30.3 Å². The van der Waals surface area contributed by atoms with E-state index < -0.39 is 18.2 Å². The Kier molecular flexibility index (Phi) is 3.46. The van der Waals surface area contributed by atoms with Gasteiger partial charge in [-0.05, 0) is 12.6 Å². The smallest absolute Gasteiger partial charge is 0.345 e. The minimum atomic E-state index is -2.01. The van der Waals surface area contributed by atoms with Crippen LogP contribution < -0.4 is 0 Å². The summed E-state index contributed by atoms with van der Waals surface area (Å²) in [5.41, 5.74) is -1.67. The summed E-state index contributed by atoms with van der Waals surface area (Å²) < 4.78 is 11.2. The summed E-state index contributed by atoms with van der Waals surface area (Å²) in [6.45, 7) is -0.705. The van der Waals surface area contributed by atoms with E-state index in [0.717, 1.165) is 0 Å². The van der Waals surface area contributed by atoms with Crippen LogP contribution in [-0.4, -0.2) is 65.1 Å². The molecule has 0 aromatic heterocycles. The summed E-state index contributed by atoms with van der Waals surface area (Å²) in [6, 6.07) is 8.98. The molecular formula is C17H21NO5. The van der Waals surface area contributed by atoms with E-state index in [1.807, 2.05) is 0 Å². The molecule has 23 heavy (non-hydrogen) atoms. The lowest BCUT2D eigenvalue weighted by Crippen LogP contribution is -2.50. The summed E-state index contributed by atoms with van der Waals surface area (Å²) in [5, 5.41) is 20.2. The molecule has 0 radical (unpaired) electrons. The molecule has 5 atom stereocenters. The highest BCUT2D eigenvalue weighted by molar-refractivity contribution is 5.81. The molecule has 3 heterocycles. The standard InChI is InChI=1S/C17H21NO5/c1-18-12-7-11(8-13(18)15-14(12)23-15)22-16(20)17(21,9-19)10-5-3-2-4-6-10/h2-6,11-15,19,21H,7-9H2,1H3/t12-,13-,14+,15+,17-/m0/s1. The lowest BCUT2D eigenvalue weighted by atomic mass is 9.94. The van der Waals surface area contributed by atoms with E-state index in [1.54, 1.807) is 30.3 Å². The molecule has 0 saturated carbocycles. The Bertz CT molecular complexity index is 590. The third-order valence-electron chi connectivity index (χ3n) is 5.47. The van der Waals surface area contributed by atoms with Crippen LogP contribution >= 0.6 is 0 Å². The second kappa shape index (κ2) is 5.27. The molecule has 124 valence electrons. The van der Waals surface area contributed by atoms with Crippen LogP contribution in [0.5, 0.6) is 0 Å². The molecule has 6 heteroatoms. The summed E-state index contributed by atoms with van der Waals surface area (Å²) in [4.78, 5) is 14.8. The van der Waals surface area contributed by atoms with E-state index in [4.69, 9.17) is 9.47 Å². The van der Waals surface area contributed by atoms with Crippen LogP contribution in [0.4, 0.5) is 0 Å². The number of epoxide rings is 1. The van der Waals surface area contributed by atoms with E-state index >= 15 is 0 Å². The van der Waals surface area contributed by atoms with E-state index in [0.29, 0.717) is 18.4 Å². The van der Waals surface area contributed by atoms with Crippen molar-refractivity contribution in [2.75, 3.05) is 13.7 Å². The first-order valence-corrected chi connectivity index (χ1v) is 8.02. The normalized spacial score (nSPS) is 37.8. The van der Waals surface area contributed by atoms with Crippen LogP contribution in [0.25, 0.3) is 0 Å². The molecule has 1 aromatic carbocycles. The molecule has 6 nitrogen and oxygen atoms in total. The fraction of sp³-hybridized carbons (Fsp3) is 0.588. The predicted octanol–water partition coefficient (Wildman–Crippen LogP) is 0.0221. The Hall–Kier alpha value is -1.47. The van der Waals surface area contributed by atoms with Gasteiger partial charge in [-0.15, -0.1) is 0 Å². The van der Waals surface area contributed by atoms with Gasteiger partial charge in [0.2, 0.25) is 5.60 Å². The molecule has 2 bridgehead atoms. The largest absolute Gasteiger partial charge is 0.460 e. The number of rotatable bonds is 4. The molecule has 4 rings (SSSR count). The van der Waals surface area contributed by atoms with Crippen molar-refractivity contribution in [3.63, 3.8) is 0 Å². The number of ether oxygens (including phenoxy) is 2. The Balaban J connectivity index is 1.47. The number of aliphatic hydroxyl groups excluding tert-OH is 1. The maximum Gasteiger partial charge on any atom is 0.345 e. The number of nitrogens with zero attached hydrogens (tertiary/aromatic N) is 1. The number of carbonyl (C=O) groups excluding carboxylic acids is 1. The van der Waals surface area contributed by atoms with Gasteiger partial charge >= 0.3 is 5.97 Å². The lowest BCUT2D eigenvalue weighted by molar-refractivity contribution is -0.181. The van der Waals surface area contributed by atoms with Crippen LogP contribution in [0, 0.1) is 0 Å². The fourth-order valence-electron chi connectivity index (χ4n) is 4.03. The summed E-state index contributed by atoms with van der Waals surface area (Å²) in [7, 11) is 2.08. The molecule has 2 N–H and O–H groups in total. The number of aliphatic hydroxyl groups is 2. The van der Waals surface area contributed by atoms with Crippen LogP contribution in [0.15, 0.2) is 30.3 Å². The molecule has 0 amide bonds. The molecule has 3 aliphatic rings. The first kappa shape index (κ1) is 15.1. The van der Waals surface area contributed by atoms with Crippen molar-refractivity contribution >= 4 is 5.97 Å². The molecule has 3 fully saturated rings. The minimum absolute atomic E-state index is 0.244. The Morgan fingerprint density at radius 2 is 1.91 bits per heavy atom. The second-order valence-electron chi connectivity index (χ2n) is 6.75. The molecule has 0 aliphatic carbocycles. The summed E-state index contributed by atoms with van der Waals surface area (Å²) in [5.74, 6) is -0.783. The van der Waals surface area contributed by atoms with E-state index in [-0.39, 0.29) is 30.4 Å². The van der Waals surface area contributed by atoms with Crippen molar-refractivity contribution in [3.05, 3.63) is 35.9 Å². The number of hydrogen-bond donors (Lipinski definition) is 2. The average Bonchev–Trinajstić information content (AvgIpc) is 3.33. The SMILES string of the molecule is CN1[C@H]2CC(OC(=O)[C@](O)(CO)c3ccccc3)C[C@H]1[C@H]1O[C@@H]12. The molecule has 3 aliphatic heterocycles. The monoisotopic (exact) mass is 319 g/mol. The number of benzene rings is 1. The van der Waals surface area contributed by atoms with Gasteiger partial charge in [0, 0.05) is 24.9 Å². The van der Waals surface area contributed by atoms with Gasteiger partial charge in [-0.3, -0.25) is 4.90 Å². The number of carbonyl (C=O) groups is 1. The number of hydrogen-bond acceptors (Lipinski definition) is 6. The van der Waals surface area contributed by atoms with E-state index in [1.165, 1.54) is 0 Å². The fourth-order valence-corrected chi connectivity index (χ4v) is 4.03. The highest BCUT2D eigenvalue weighted by atomic mass is 16.6. The van der Waals surface area contributed by atoms with Crippen LogP contribution in [-0.2, 0) is 19.9 Å². The lowest BCUT2D eigenvalue weighted by Gasteiger charge is -2.38. The molecular weight excluding hydrogens is 298 g/mol. The maximum absolute atomic E-state index is 12.5. The Morgan fingerprint density at radius 3 is 2.48 bits per heavy atom. The zero-order valence-corrected chi connectivity index (χ0v) is 13.0. The molecule has 0 unspecified atom stereocenters. The van der Waals surface area contributed by atoms with Gasteiger partial charge in [0.05, 0.1) is 6.61 Å². The van der Waals surface area contributed by atoms with Crippen molar-refractivity contribution in [1.82, 2.24) is 4.90 Å². The zero-order valence-electron chi connectivity index (χ0n) is 13.0. The number of morpholine rings is 1. The number of piperidine rings is 1. The van der Waals surface area contributed by atoms with Crippen LogP contribution in [0.2, 0.25) is 0 Å². The van der Waals surface area contributed by atoms with Crippen molar-refractivity contribution in [1.29, 1.82) is 0 Å². The number of esters is 1. The summed E-state index contributed by atoms with van der Waals surface area (Å²) in [6.07, 6.45) is 1.69. The van der Waals surface area contributed by atoms with E-state index in [9.17, 15) is 15.0 Å². The van der Waals surface area contributed by atoms with Crippen LogP contribution in [0.1, 0.15) is 18.4 Å². The predicted molar refractivity (Wildman–Crippen MR) is 80.5 cm³/mol. The first-order valence-electron chi connectivity index (χ1n) is 8.02. The summed E-state index contributed by atoms with van der Waals surface area (Å²) >= 11 is 0. The van der Waals surface area contributed by atoms with Crippen molar-refractivity contribution in [2.24, 2.45) is 0 Å². The molecule has 1 aromatic rings. The van der Waals surface area contributed by atoms with Crippen LogP contribution in [0.3, 0.4) is 0 Å². The minimum Gasteiger partial charge on any atom is -0.460 e. The molecule has 0 spiro atoms. The van der Waals surface area contributed by atoms with Crippen molar-refractivity contribution < 1.29 is 24.5 Å². The van der Waals surface area contributed by atoms with Gasteiger partial charge in [-0.2, -0.15) is 0 Å². The van der Waals surface area contributed by atoms with Crippen molar-refractivity contribution in [3.8, 4) is 0 Å². The zero-order chi connectivity index (χ0) is 16.2. The third kappa shape index (κ3) is 2.29. The van der Waals surface area contributed by atoms with Gasteiger partial charge in [-0.25, -0.2) is 4.79 Å². The quantitative estimate of drug-likeness (QED) is 0.601. The average molecular weight is 319 g/mol. The van der Waals surface area contributed by atoms with Crippen molar-refractivity contribution in [2.45, 2.75) is 48.8 Å². The maximum atomic E-state index is 12.5. The first-order chi connectivity index (χ1) is 11.0.